The van der Waals surface area contributed by atoms with Crippen molar-refractivity contribution in [2.24, 2.45) is 5.92 Å². The molecule has 2 amide bonds. The number of carbonyl (C=O) groups is 2. The lowest BCUT2D eigenvalue weighted by Gasteiger charge is -2.34. The summed E-state index contributed by atoms with van der Waals surface area (Å²) in [5.41, 5.74) is 1.71. The van der Waals surface area contributed by atoms with E-state index >= 15 is 0 Å². The number of pyridine rings is 1. The van der Waals surface area contributed by atoms with Crippen molar-refractivity contribution in [2.75, 3.05) is 6.54 Å². The molecule has 0 radical (unpaired) electrons. The molecule has 1 fully saturated rings. The van der Waals surface area contributed by atoms with Crippen LogP contribution in [-0.4, -0.2) is 37.8 Å². The molecule has 27 heavy (non-hydrogen) atoms. The Bertz CT molecular complexity index is 828. The molecule has 1 saturated carbocycles. The Kier molecular flexibility index (Phi) is 4.92. The van der Waals surface area contributed by atoms with Gasteiger partial charge in [-0.15, -0.1) is 0 Å². The first-order chi connectivity index (χ1) is 13.1. The van der Waals surface area contributed by atoms with Crippen LogP contribution in [-0.2, 0) is 29.1 Å². The summed E-state index contributed by atoms with van der Waals surface area (Å²) < 4.78 is 2.08. The molecule has 0 unspecified atom stereocenters. The van der Waals surface area contributed by atoms with E-state index in [9.17, 15) is 9.59 Å². The minimum Gasteiger partial charge on any atom is -0.352 e. The maximum atomic E-state index is 12.5. The van der Waals surface area contributed by atoms with E-state index in [0.29, 0.717) is 25.4 Å². The number of nitrogens with one attached hydrogen (secondary N) is 1. The summed E-state index contributed by atoms with van der Waals surface area (Å²) in [5, 5.41) is 2.90. The van der Waals surface area contributed by atoms with Crippen molar-refractivity contribution >= 4 is 11.8 Å². The number of amides is 2. The van der Waals surface area contributed by atoms with Gasteiger partial charge in [-0.2, -0.15) is 0 Å². The van der Waals surface area contributed by atoms with E-state index in [1.165, 1.54) is 12.8 Å². The van der Waals surface area contributed by atoms with Crippen LogP contribution in [0.25, 0.3) is 0 Å². The number of nitrogens with zero attached hydrogens (tertiary/aromatic N) is 4. The molecule has 0 bridgehead atoms. The average molecular weight is 367 g/mol. The summed E-state index contributed by atoms with van der Waals surface area (Å²) in [4.78, 5) is 35.4. The van der Waals surface area contributed by atoms with Crippen molar-refractivity contribution in [1.29, 1.82) is 0 Å². The number of fused-ring (bicyclic) bond motifs is 1. The molecular weight excluding hydrogens is 342 g/mol. The molecule has 2 aromatic heterocycles. The van der Waals surface area contributed by atoms with Crippen LogP contribution in [0.15, 0.2) is 30.7 Å². The Hall–Kier alpha value is -2.70. The molecule has 1 atom stereocenters. The van der Waals surface area contributed by atoms with Crippen molar-refractivity contribution in [3.63, 3.8) is 0 Å². The Morgan fingerprint density at radius 1 is 1.30 bits per heavy atom. The van der Waals surface area contributed by atoms with Crippen LogP contribution in [0.1, 0.15) is 49.3 Å². The average Bonchev–Trinajstić information content (AvgIpc) is 3.38. The summed E-state index contributed by atoms with van der Waals surface area (Å²) >= 11 is 0. The van der Waals surface area contributed by atoms with Gasteiger partial charge in [-0.1, -0.05) is 6.07 Å². The molecule has 0 aromatic carbocycles. The number of carbonyl (C=O) groups excluding carboxylic acids is 2. The fourth-order valence-electron chi connectivity index (χ4n) is 3.59. The van der Waals surface area contributed by atoms with Gasteiger partial charge in [0.25, 0.3) is 0 Å². The lowest BCUT2D eigenvalue weighted by Crippen LogP contribution is -2.41. The SMILES string of the molecule is C[C@H]1c2nc(CC(=O)NCc3cccnc3)cn2CCN1C(=O)CC1CC1. The van der Waals surface area contributed by atoms with Crippen molar-refractivity contribution in [2.45, 2.75) is 51.7 Å². The van der Waals surface area contributed by atoms with Gasteiger partial charge in [0.05, 0.1) is 18.2 Å². The minimum absolute atomic E-state index is 0.0443. The highest BCUT2D eigenvalue weighted by molar-refractivity contribution is 5.78. The Morgan fingerprint density at radius 2 is 2.15 bits per heavy atom. The van der Waals surface area contributed by atoms with E-state index in [1.54, 1.807) is 12.4 Å². The van der Waals surface area contributed by atoms with Gasteiger partial charge in [0.2, 0.25) is 11.8 Å². The second kappa shape index (κ2) is 7.50. The van der Waals surface area contributed by atoms with E-state index in [2.05, 4.69) is 19.9 Å². The molecule has 1 aliphatic carbocycles. The molecule has 2 aromatic rings. The molecule has 1 aliphatic heterocycles. The van der Waals surface area contributed by atoms with E-state index in [4.69, 9.17) is 0 Å². The maximum absolute atomic E-state index is 12.5. The van der Waals surface area contributed by atoms with Crippen molar-refractivity contribution < 1.29 is 9.59 Å². The standard InChI is InChI=1S/C20H25N5O2/c1-14-20-23-17(10-18(26)22-12-16-3-2-6-21-11-16)13-24(20)7-8-25(14)19(27)9-15-4-5-15/h2-3,6,11,13-15H,4-5,7-10,12H2,1H3,(H,22,26)/t14-/m0/s1. The molecule has 7 heteroatoms. The van der Waals surface area contributed by atoms with Crippen LogP contribution in [0.3, 0.4) is 0 Å². The summed E-state index contributed by atoms with van der Waals surface area (Å²) in [6, 6.07) is 3.73. The van der Waals surface area contributed by atoms with Crippen molar-refractivity contribution in [3.05, 3.63) is 47.8 Å². The summed E-state index contributed by atoms with van der Waals surface area (Å²) in [7, 11) is 0. The fourth-order valence-corrected chi connectivity index (χ4v) is 3.59. The smallest absolute Gasteiger partial charge is 0.226 e. The second-order valence-electron chi connectivity index (χ2n) is 7.51. The molecule has 1 N–H and O–H groups in total. The highest BCUT2D eigenvalue weighted by atomic mass is 16.2. The normalized spacial score (nSPS) is 18.9. The molecule has 0 spiro atoms. The van der Waals surface area contributed by atoms with Crippen LogP contribution in [0.2, 0.25) is 0 Å². The largest absolute Gasteiger partial charge is 0.352 e. The third kappa shape index (κ3) is 4.18. The molecule has 0 saturated heterocycles. The third-order valence-corrected chi connectivity index (χ3v) is 5.31. The van der Waals surface area contributed by atoms with Gasteiger partial charge in [-0.3, -0.25) is 14.6 Å². The molecular formula is C20H25N5O2. The lowest BCUT2D eigenvalue weighted by molar-refractivity contribution is -0.135. The van der Waals surface area contributed by atoms with Gasteiger partial charge in [0.15, 0.2) is 0 Å². The molecule has 4 rings (SSSR count). The zero-order valence-electron chi connectivity index (χ0n) is 15.6. The van der Waals surface area contributed by atoms with Crippen molar-refractivity contribution in [1.82, 2.24) is 24.8 Å². The van der Waals surface area contributed by atoms with Crippen LogP contribution in [0.5, 0.6) is 0 Å². The number of hydrogen-bond acceptors (Lipinski definition) is 4. The molecule has 3 heterocycles. The van der Waals surface area contributed by atoms with E-state index in [-0.39, 0.29) is 24.3 Å². The maximum Gasteiger partial charge on any atom is 0.226 e. The zero-order chi connectivity index (χ0) is 18.8. The number of rotatable bonds is 6. The van der Waals surface area contributed by atoms with E-state index in [0.717, 1.165) is 23.6 Å². The van der Waals surface area contributed by atoms with Gasteiger partial charge in [0.1, 0.15) is 5.82 Å². The summed E-state index contributed by atoms with van der Waals surface area (Å²) in [5.74, 6) is 1.63. The van der Waals surface area contributed by atoms with Crippen LogP contribution < -0.4 is 5.32 Å². The number of hydrogen-bond donors (Lipinski definition) is 1. The fraction of sp³-hybridized carbons (Fsp3) is 0.500. The second-order valence-corrected chi connectivity index (χ2v) is 7.51. The van der Waals surface area contributed by atoms with E-state index < -0.39 is 0 Å². The summed E-state index contributed by atoms with van der Waals surface area (Å²) in [6.07, 6.45) is 8.66. The lowest BCUT2D eigenvalue weighted by atomic mass is 10.1. The molecule has 2 aliphatic rings. The van der Waals surface area contributed by atoms with E-state index in [1.807, 2.05) is 30.2 Å². The first kappa shape index (κ1) is 17.7. The predicted octanol–water partition coefficient (Wildman–Crippen LogP) is 1.84. The predicted molar refractivity (Wildman–Crippen MR) is 99.5 cm³/mol. The van der Waals surface area contributed by atoms with Crippen molar-refractivity contribution in [3.8, 4) is 0 Å². The van der Waals surface area contributed by atoms with Crippen LogP contribution in [0.4, 0.5) is 0 Å². The quantitative estimate of drug-likeness (QED) is 0.845. The highest BCUT2D eigenvalue weighted by Gasteiger charge is 2.33. The summed E-state index contributed by atoms with van der Waals surface area (Å²) in [6.45, 7) is 3.93. The number of imidazole rings is 1. The van der Waals surface area contributed by atoms with Gasteiger partial charge < -0.3 is 14.8 Å². The minimum atomic E-state index is -0.0661. The topological polar surface area (TPSA) is 80.1 Å². The van der Waals surface area contributed by atoms with Gasteiger partial charge >= 0.3 is 0 Å². The zero-order valence-corrected chi connectivity index (χ0v) is 15.6. The molecule has 142 valence electrons. The monoisotopic (exact) mass is 367 g/mol. The molecule has 7 nitrogen and oxygen atoms in total. The Morgan fingerprint density at radius 3 is 2.89 bits per heavy atom. The van der Waals surface area contributed by atoms with Gasteiger partial charge in [-0.25, -0.2) is 4.98 Å². The highest BCUT2D eigenvalue weighted by Crippen LogP contribution is 2.34. The Labute approximate surface area is 158 Å². The van der Waals surface area contributed by atoms with Crippen LogP contribution >= 0.6 is 0 Å². The van der Waals surface area contributed by atoms with Gasteiger partial charge in [0, 0.05) is 44.6 Å². The Balaban J connectivity index is 1.36. The number of aromatic nitrogens is 3. The first-order valence-electron chi connectivity index (χ1n) is 9.61. The van der Waals surface area contributed by atoms with Gasteiger partial charge in [-0.05, 0) is 37.3 Å². The van der Waals surface area contributed by atoms with Crippen LogP contribution in [0, 0.1) is 5.92 Å². The third-order valence-electron chi connectivity index (χ3n) is 5.31. The first-order valence-corrected chi connectivity index (χ1v) is 9.61.